The molecule has 0 saturated heterocycles. The fraction of sp³-hybridized carbons (Fsp3) is 0.263. The van der Waals surface area contributed by atoms with Crippen molar-refractivity contribution in [3.05, 3.63) is 60.4 Å². The molecule has 3 nitrogen and oxygen atoms in total. The number of hydrogen-bond donors (Lipinski definition) is 0. The summed E-state index contributed by atoms with van der Waals surface area (Å²) in [6, 6.07) is 14.6. The molecule has 3 aromatic rings. The molecule has 0 spiro atoms. The van der Waals surface area contributed by atoms with Crippen molar-refractivity contribution in [3.63, 3.8) is 0 Å². The normalized spacial score (nSPS) is 11.2. The Morgan fingerprint density at radius 3 is 2.55 bits per heavy atom. The van der Waals surface area contributed by atoms with Crippen LogP contribution < -0.4 is 0 Å². The minimum atomic E-state index is 0.948. The first-order valence-electron chi connectivity index (χ1n) is 7.83. The molecule has 0 unspecified atom stereocenters. The molecule has 0 bridgehead atoms. The Kier molecular flexibility index (Phi) is 4.45. The van der Waals surface area contributed by atoms with Crippen molar-refractivity contribution < 1.29 is 0 Å². The van der Waals surface area contributed by atoms with Gasteiger partial charge in [-0.2, -0.15) is 0 Å². The number of rotatable bonds is 5. The first-order valence-corrected chi connectivity index (χ1v) is 7.83. The molecule has 0 aliphatic rings. The third-order valence-corrected chi connectivity index (χ3v) is 4.05. The number of fused-ring (bicyclic) bond motifs is 1. The Bertz CT molecular complexity index is 749. The van der Waals surface area contributed by atoms with E-state index in [1.165, 1.54) is 10.9 Å². The van der Waals surface area contributed by atoms with Gasteiger partial charge in [0.05, 0.1) is 11.2 Å². The summed E-state index contributed by atoms with van der Waals surface area (Å²) in [6.45, 7) is 7.46. The summed E-state index contributed by atoms with van der Waals surface area (Å²) in [4.78, 5) is 11.4. The monoisotopic (exact) mass is 291 g/mol. The molecule has 112 valence electrons. The molecule has 3 rings (SSSR count). The average Bonchev–Trinajstić information content (AvgIpc) is 2.60. The number of benzene rings is 1. The lowest BCUT2D eigenvalue weighted by Gasteiger charge is -2.19. The van der Waals surface area contributed by atoms with E-state index >= 15 is 0 Å². The number of nitrogens with zero attached hydrogens (tertiary/aromatic N) is 3. The highest BCUT2D eigenvalue weighted by Crippen LogP contribution is 2.25. The van der Waals surface area contributed by atoms with Gasteiger partial charge in [-0.15, -0.1) is 0 Å². The molecule has 2 heterocycles. The highest BCUT2D eigenvalue weighted by Gasteiger charge is 2.10. The molecule has 0 aliphatic heterocycles. The lowest BCUT2D eigenvalue weighted by molar-refractivity contribution is 0.297. The molecule has 0 amide bonds. The molecule has 0 atom stereocenters. The highest BCUT2D eigenvalue weighted by molar-refractivity contribution is 5.85. The molecule has 0 fully saturated rings. The lowest BCUT2D eigenvalue weighted by Crippen LogP contribution is -2.22. The van der Waals surface area contributed by atoms with Crippen LogP contribution in [0.3, 0.4) is 0 Å². The third kappa shape index (κ3) is 3.00. The van der Waals surface area contributed by atoms with Gasteiger partial charge in [-0.25, -0.2) is 4.98 Å². The standard InChI is InChI=1S/C19H21N3/c1-3-22(4-2)14-16-12-19(15-8-7-11-20-13-15)21-18-10-6-5-9-17(16)18/h5-13H,3-4,14H2,1-2H3. The molecule has 1 aromatic carbocycles. The van der Waals surface area contributed by atoms with Crippen LogP contribution in [-0.2, 0) is 6.54 Å². The van der Waals surface area contributed by atoms with Crippen LogP contribution in [0.5, 0.6) is 0 Å². The predicted octanol–water partition coefficient (Wildman–Crippen LogP) is 4.14. The minimum absolute atomic E-state index is 0.948. The zero-order chi connectivity index (χ0) is 15.4. The number of pyridine rings is 2. The quantitative estimate of drug-likeness (QED) is 0.707. The predicted molar refractivity (Wildman–Crippen MR) is 91.6 cm³/mol. The van der Waals surface area contributed by atoms with Crippen LogP contribution >= 0.6 is 0 Å². The van der Waals surface area contributed by atoms with E-state index in [0.717, 1.165) is 36.4 Å². The van der Waals surface area contributed by atoms with Crippen molar-refractivity contribution in [3.8, 4) is 11.3 Å². The molecular formula is C19H21N3. The average molecular weight is 291 g/mol. The van der Waals surface area contributed by atoms with Crippen LogP contribution in [0, 0.1) is 0 Å². The van der Waals surface area contributed by atoms with Gasteiger partial charge in [-0.05, 0) is 42.9 Å². The fourth-order valence-electron chi connectivity index (χ4n) is 2.73. The van der Waals surface area contributed by atoms with Crippen molar-refractivity contribution in [2.24, 2.45) is 0 Å². The minimum Gasteiger partial charge on any atom is -0.300 e. The molecule has 22 heavy (non-hydrogen) atoms. The van der Waals surface area contributed by atoms with Crippen LogP contribution in [0.25, 0.3) is 22.2 Å². The smallest absolute Gasteiger partial charge is 0.0728 e. The Morgan fingerprint density at radius 2 is 1.82 bits per heavy atom. The van der Waals surface area contributed by atoms with E-state index in [1.807, 2.05) is 18.3 Å². The van der Waals surface area contributed by atoms with Gasteiger partial charge >= 0.3 is 0 Å². The van der Waals surface area contributed by atoms with E-state index in [9.17, 15) is 0 Å². The maximum absolute atomic E-state index is 4.81. The van der Waals surface area contributed by atoms with Gasteiger partial charge < -0.3 is 0 Å². The van der Waals surface area contributed by atoms with Crippen LogP contribution in [0.1, 0.15) is 19.4 Å². The van der Waals surface area contributed by atoms with Crippen molar-refractivity contribution in [2.75, 3.05) is 13.1 Å². The van der Waals surface area contributed by atoms with Gasteiger partial charge in [-0.1, -0.05) is 32.0 Å². The second-order valence-corrected chi connectivity index (χ2v) is 5.39. The summed E-state index contributed by atoms with van der Waals surface area (Å²) in [5, 5.41) is 1.24. The van der Waals surface area contributed by atoms with Gasteiger partial charge in [-0.3, -0.25) is 9.88 Å². The van der Waals surface area contributed by atoms with Crippen LogP contribution in [0.15, 0.2) is 54.9 Å². The van der Waals surface area contributed by atoms with Crippen molar-refractivity contribution in [1.29, 1.82) is 0 Å². The third-order valence-electron chi connectivity index (χ3n) is 4.05. The number of aromatic nitrogens is 2. The largest absolute Gasteiger partial charge is 0.300 e. The molecule has 2 aromatic heterocycles. The molecule has 0 radical (unpaired) electrons. The van der Waals surface area contributed by atoms with Gasteiger partial charge in [0.15, 0.2) is 0 Å². The SMILES string of the molecule is CCN(CC)Cc1cc(-c2cccnc2)nc2ccccc12. The van der Waals surface area contributed by atoms with Crippen LogP contribution in [0.2, 0.25) is 0 Å². The zero-order valence-electron chi connectivity index (χ0n) is 13.2. The molecule has 3 heteroatoms. The van der Waals surface area contributed by atoms with E-state index in [1.54, 1.807) is 6.20 Å². The van der Waals surface area contributed by atoms with Crippen LogP contribution in [0.4, 0.5) is 0 Å². The van der Waals surface area contributed by atoms with E-state index in [4.69, 9.17) is 4.98 Å². The van der Waals surface area contributed by atoms with E-state index in [0.29, 0.717) is 0 Å². The Labute approximate surface area is 131 Å². The summed E-state index contributed by atoms with van der Waals surface area (Å²) in [6.07, 6.45) is 3.67. The van der Waals surface area contributed by atoms with Gasteiger partial charge in [0, 0.05) is 29.9 Å². The Hall–Kier alpha value is -2.26. The summed E-state index contributed by atoms with van der Waals surface area (Å²) in [5.74, 6) is 0. The van der Waals surface area contributed by atoms with Crippen molar-refractivity contribution in [1.82, 2.24) is 14.9 Å². The lowest BCUT2D eigenvalue weighted by atomic mass is 10.0. The first kappa shape index (κ1) is 14.7. The van der Waals surface area contributed by atoms with Crippen LogP contribution in [-0.4, -0.2) is 28.0 Å². The van der Waals surface area contributed by atoms with E-state index in [2.05, 4.69) is 54.1 Å². The van der Waals surface area contributed by atoms with E-state index in [-0.39, 0.29) is 0 Å². The second-order valence-electron chi connectivity index (χ2n) is 5.39. The molecule has 0 N–H and O–H groups in total. The van der Waals surface area contributed by atoms with Crippen molar-refractivity contribution >= 4 is 10.9 Å². The molecule has 0 aliphatic carbocycles. The van der Waals surface area contributed by atoms with Crippen molar-refractivity contribution in [2.45, 2.75) is 20.4 Å². The maximum Gasteiger partial charge on any atom is 0.0728 e. The summed E-state index contributed by atoms with van der Waals surface area (Å²) < 4.78 is 0. The molecular weight excluding hydrogens is 270 g/mol. The van der Waals surface area contributed by atoms with Gasteiger partial charge in [0.2, 0.25) is 0 Å². The second kappa shape index (κ2) is 6.67. The van der Waals surface area contributed by atoms with Gasteiger partial charge in [0.25, 0.3) is 0 Å². The van der Waals surface area contributed by atoms with E-state index < -0.39 is 0 Å². The first-order chi connectivity index (χ1) is 10.8. The summed E-state index contributed by atoms with van der Waals surface area (Å²) in [5.41, 5.74) is 4.43. The topological polar surface area (TPSA) is 29.0 Å². The Morgan fingerprint density at radius 1 is 1.00 bits per heavy atom. The number of para-hydroxylation sites is 1. The Balaban J connectivity index is 2.12. The highest BCUT2D eigenvalue weighted by atomic mass is 15.1. The van der Waals surface area contributed by atoms with Gasteiger partial charge in [0.1, 0.15) is 0 Å². The zero-order valence-corrected chi connectivity index (χ0v) is 13.2. The molecule has 0 saturated carbocycles. The summed E-state index contributed by atoms with van der Waals surface area (Å²) >= 11 is 0. The summed E-state index contributed by atoms with van der Waals surface area (Å²) in [7, 11) is 0. The maximum atomic E-state index is 4.81. The number of hydrogen-bond acceptors (Lipinski definition) is 3. The fourth-order valence-corrected chi connectivity index (χ4v) is 2.73.